The quantitative estimate of drug-likeness (QED) is 0.124. The number of hydrogen-bond acceptors (Lipinski definition) is 17. The average molecular weight is 888 g/mol. The number of nitrogens with zero attached hydrogens (tertiary/aromatic N) is 3. The zero-order chi connectivity index (χ0) is 46.8. The number of carbonyl (C=O) groups excluding carboxylic acids is 6. The minimum atomic E-state index is -2.10. The van der Waals surface area contributed by atoms with Crippen molar-refractivity contribution in [2.24, 2.45) is 39.4 Å². The molecule has 350 valence electrons. The second kappa shape index (κ2) is 17.2. The minimum absolute atomic E-state index is 0.0409. The van der Waals surface area contributed by atoms with Gasteiger partial charge < -0.3 is 44.5 Å². The number of allylic oxidation sites excluding steroid dienone is 2. The van der Waals surface area contributed by atoms with E-state index in [2.05, 4.69) is 10.3 Å². The van der Waals surface area contributed by atoms with Gasteiger partial charge in [0.15, 0.2) is 24.0 Å². The monoisotopic (exact) mass is 887 g/mol. The molecule has 1 saturated heterocycles. The molecule has 6 rings (SSSR count). The Hall–Kier alpha value is -3.78. The molecule has 2 heterocycles. The van der Waals surface area contributed by atoms with Crippen molar-refractivity contribution in [2.45, 2.75) is 175 Å². The molecule has 0 spiro atoms. The first kappa shape index (κ1) is 48.7. The Morgan fingerprint density at radius 2 is 1.65 bits per heavy atom. The van der Waals surface area contributed by atoms with Crippen LogP contribution in [0, 0.1) is 39.4 Å². The van der Waals surface area contributed by atoms with Crippen LogP contribution in [0.2, 0.25) is 0 Å². The van der Waals surface area contributed by atoms with Crippen molar-refractivity contribution in [3.05, 3.63) is 23.5 Å². The lowest BCUT2D eigenvalue weighted by Crippen LogP contribution is -2.65. The molecule has 0 unspecified atom stereocenters. The number of hydrogen-bond donors (Lipinski definition) is 5. The molecule has 1 aromatic rings. The molecular weight excluding hydrogens is 823 g/mol. The molecule has 3 saturated carbocycles. The predicted octanol–water partition coefficient (Wildman–Crippen LogP) is 1.87. The Morgan fingerprint density at radius 1 is 0.968 bits per heavy atom. The van der Waals surface area contributed by atoms with E-state index >= 15 is 0 Å². The normalized spacial score (nSPS) is 37.3. The highest BCUT2D eigenvalue weighted by atomic mass is 16.7. The van der Waals surface area contributed by atoms with E-state index in [0.717, 1.165) is 5.57 Å². The Balaban J connectivity index is 1.11. The molecule has 1 aromatic heterocycles. The maximum absolute atomic E-state index is 14.9. The molecule has 5 N–H and O–H groups in total. The molecule has 4 fully saturated rings. The summed E-state index contributed by atoms with van der Waals surface area (Å²) in [4.78, 5) is 81.9. The van der Waals surface area contributed by atoms with Crippen LogP contribution in [0.15, 0.2) is 17.8 Å². The number of aryl methyl sites for hydroxylation is 1. The summed E-state index contributed by atoms with van der Waals surface area (Å²) in [7, 11) is 0. The fourth-order valence-electron chi connectivity index (χ4n) is 11.9. The van der Waals surface area contributed by atoms with Crippen molar-refractivity contribution in [2.75, 3.05) is 6.61 Å². The second-order valence-electron chi connectivity index (χ2n) is 20.5. The lowest BCUT2D eigenvalue weighted by Gasteiger charge is -2.64. The van der Waals surface area contributed by atoms with Gasteiger partial charge in [0, 0.05) is 50.0 Å². The third-order valence-electron chi connectivity index (χ3n) is 15.6. The average Bonchev–Trinajstić information content (AvgIpc) is 3.72. The van der Waals surface area contributed by atoms with Crippen molar-refractivity contribution >= 4 is 35.1 Å². The number of esters is 2. The van der Waals surface area contributed by atoms with Crippen molar-refractivity contribution in [1.29, 1.82) is 0 Å². The number of aliphatic hydroxyl groups is 5. The number of fused-ring (bicyclic) bond motifs is 5. The first-order valence-corrected chi connectivity index (χ1v) is 21.9. The summed E-state index contributed by atoms with van der Waals surface area (Å²) in [6.07, 6.45) is -4.10. The van der Waals surface area contributed by atoms with Gasteiger partial charge >= 0.3 is 11.9 Å². The first-order chi connectivity index (χ1) is 29.1. The van der Waals surface area contributed by atoms with E-state index in [1.54, 1.807) is 33.9 Å². The van der Waals surface area contributed by atoms with Gasteiger partial charge in [0.1, 0.15) is 52.9 Å². The predicted molar refractivity (Wildman–Crippen MR) is 219 cm³/mol. The zero-order valence-corrected chi connectivity index (χ0v) is 37.8. The molecule has 18 nitrogen and oxygen atoms in total. The smallest absolute Gasteiger partial charge is 0.306 e. The molecule has 0 bridgehead atoms. The van der Waals surface area contributed by atoms with Crippen LogP contribution in [-0.2, 0) is 60.9 Å². The van der Waals surface area contributed by atoms with Crippen LogP contribution in [0.4, 0.5) is 0 Å². The third kappa shape index (κ3) is 8.49. The molecule has 0 amide bonds. The highest BCUT2D eigenvalue weighted by Gasteiger charge is 2.75. The van der Waals surface area contributed by atoms with Gasteiger partial charge in [-0.15, -0.1) is 5.10 Å². The van der Waals surface area contributed by atoms with Gasteiger partial charge in [0.05, 0.1) is 25.3 Å². The van der Waals surface area contributed by atoms with E-state index in [4.69, 9.17) is 18.9 Å². The third-order valence-corrected chi connectivity index (χ3v) is 15.6. The van der Waals surface area contributed by atoms with Gasteiger partial charge in [-0.25, -0.2) is 0 Å². The van der Waals surface area contributed by atoms with Crippen molar-refractivity contribution < 1.29 is 73.2 Å². The Morgan fingerprint density at radius 3 is 2.30 bits per heavy atom. The summed E-state index contributed by atoms with van der Waals surface area (Å²) in [5.74, 6) is -4.44. The molecule has 5 aliphatic rings. The van der Waals surface area contributed by atoms with Gasteiger partial charge in [-0.2, -0.15) is 0 Å². The second-order valence-corrected chi connectivity index (χ2v) is 20.5. The van der Waals surface area contributed by atoms with Crippen molar-refractivity contribution in [3.8, 4) is 0 Å². The van der Waals surface area contributed by atoms with Gasteiger partial charge in [-0.3, -0.25) is 33.4 Å². The van der Waals surface area contributed by atoms with Crippen LogP contribution in [0.5, 0.6) is 0 Å². The van der Waals surface area contributed by atoms with Crippen LogP contribution in [0.25, 0.3) is 0 Å². The topological polar surface area (TPSA) is 271 Å². The number of Topliss-reactive ketones (excluding diaryl/α,β-unsaturated/α-hetero) is 4. The summed E-state index contributed by atoms with van der Waals surface area (Å²) in [6.45, 7) is 14.7. The largest absolute Gasteiger partial charge is 0.460 e. The standard InChI is InChI=1S/C45H65N3O15/c1-23(50)63-40(2,3)15-14-31(52)45(9,59)37-27(51)18-42(6)30-13-12-25-26(44(30,8)32(53)19-43(37,42)7)17-28(38(58)41(25,4)5)61-33(54)11-10-16-48-20-24(46-47-48)22-60-39-36(57)35(56)34(55)29(21-49)62-39/h12,20,26,28-30,34-37,39,49,55-57,59H,10-11,13-19,21-22H2,1-9H3/t26-,28+,29-,30+,34-,35+,36+,37+,39-,42+,43-,44+,45+/m1/s1. The first-order valence-electron chi connectivity index (χ1n) is 21.9. The Kier molecular flexibility index (Phi) is 13.3. The molecule has 4 aliphatic carbocycles. The fourth-order valence-corrected chi connectivity index (χ4v) is 11.9. The van der Waals surface area contributed by atoms with Gasteiger partial charge in [-0.05, 0) is 83.0 Å². The van der Waals surface area contributed by atoms with Crippen LogP contribution in [-0.4, -0.2) is 130 Å². The van der Waals surface area contributed by atoms with Gasteiger partial charge in [0.2, 0.25) is 0 Å². The molecular formula is C45H65N3O15. The van der Waals surface area contributed by atoms with E-state index in [9.17, 15) is 54.3 Å². The highest BCUT2D eigenvalue weighted by Crippen LogP contribution is 2.73. The molecule has 0 aromatic carbocycles. The van der Waals surface area contributed by atoms with Gasteiger partial charge in [-0.1, -0.05) is 37.6 Å². The lowest BCUT2D eigenvalue weighted by atomic mass is 9.38. The summed E-state index contributed by atoms with van der Waals surface area (Å²) < 4.78 is 23.6. The summed E-state index contributed by atoms with van der Waals surface area (Å²) in [6, 6.07) is 0. The van der Waals surface area contributed by atoms with Crippen LogP contribution < -0.4 is 0 Å². The molecule has 1 aliphatic heterocycles. The number of aliphatic hydroxyl groups excluding tert-OH is 4. The highest BCUT2D eigenvalue weighted by molar-refractivity contribution is 6.00. The zero-order valence-electron chi connectivity index (χ0n) is 37.8. The van der Waals surface area contributed by atoms with Gasteiger partial charge in [0.25, 0.3) is 0 Å². The van der Waals surface area contributed by atoms with E-state index < -0.39 is 112 Å². The molecule has 63 heavy (non-hydrogen) atoms. The lowest BCUT2D eigenvalue weighted by molar-refractivity contribution is -0.304. The molecule has 13 atom stereocenters. The fraction of sp³-hybridized carbons (Fsp3) is 0.778. The van der Waals surface area contributed by atoms with Crippen molar-refractivity contribution in [3.63, 3.8) is 0 Å². The number of carbonyl (C=O) groups is 6. The number of aromatic nitrogens is 3. The van der Waals surface area contributed by atoms with E-state index in [1.165, 1.54) is 18.5 Å². The van der Waals surface area contributed by atoms with Crippen LogP contribution in [0.1, 0.15) is 119 Å². The van der Waals surface area contributed by atoms with E-state index in [1.807, 2.05) is 26.8 Å². The van der Waals surface area contributed by atoms with E-state index in [-0.39, 0.29) is 75.4 Å². The number of rotatable bonds is 15. The molecule has 0 radical (unpaired) electrons. The number of ketones is 4. The summed E-state index contributed by atoms with van der Waals surface area (Å²) in [5, 5.41) is 59.7. The maximum Gasteiger partial charge on any atom is 0.306 e. The van der Waals surface area contributed by atoms with E-state index in [0.29, 0.717) is 12.1 Å². The van der Waals surface area contributed by atoms with Crippen LogP contribution >= 0.6 is 0 Å². The summed E-state index contributed by atoms with van der Waals surface area (Å²) >= 11 is 0. The van der Waals surface area contributed by atoms with Crippen LogP contribution in [0.3, 0.4) is 0 Å². The summed E-state index contributed by atoms with van der Waals surface area (Å²) in [5.41, 5.74) is -5.97. The van der Waals surface area contributed by atoms with Crippen molar-refractivity contribution in [1.82, 2.24) is 15.0 Å². The minimum Gasteiger partial charge on any atom is -0.460 e. The SMILES string of the molecule is CC(=O)OC(C)(C)CCC(=O)[C@](C)(O)[C@H]1C(=O)C[C@@]2(C)[C@@H]3CC=C4[C@@H](C[C@H](OC(=O)CCCn5cc(CO[C@@H]6O[C@H](CO)[C@@H](O)[C@H](O)[C@@H]6O)nn5)C(=O)C4(C)C)[C@]3(C)C(=O)C[C@]12C. The Bertz CT molecular complexity index is 2020. The number of ether oxygens (including phenoxy) is 4. The Labute approximate surface area is 367 Å². The maximum atomic E-state index is 14.9. The molecule has 18 heteroatoms.